The lowest BCUT2D eigenvalue weighted by atomic mass is 10.1. The number of rotatable bonds is 1. The summed E-state index contributed by atoms with van der Waals surface area (Å²) in [6.07, 6.45) is 4.98. The van der Waals surface area contributed by atoms with Gasteiger partial charge in [0.15, 0.2) is 5.65 Å². The van der Waals surface area contributed by atoms with E-state index in [0.29, 0.717) is 37.4 Å². The summed E-state index contributed by atoms with van der Waals surface area (Å²) < 4.78 is 7.01. The number of hydrogen-bond acceptors (Lipinski definition) is 4. The summed E-state index contributed by atoms with van der Waals surface area (Å²) >= 11 is 0. The van der Waals surface area contributed by atoms with Gasteiger partial charge in [0.05, 0.1) is 5.69 Å². The molecular weight excluding hydrogens is 320 g/mol. The van der Waals surface area contributed by atoms with E-state index in [2.05, 4.69) is 5.10 Å². The first kappa shape index (κ1) is 16.2. The lowest BCUT2D eigenvalue weighted by Gasteiger charge is -2.26. The predicted octanol–water partition coefficient (Wildman–Crippen LogP) is 2.24. The summed E-state index contributed by atoms with van der Waals surface area (Å²) in [5.74, 6) is 0.523. The van der Waals surface area contributed by atoms with Crippen molar-refractivity contribution in [3.05, 3.63) is 33.4 Å². The average Bonchev–Trinajstić information content (AvgIpc) is 3.30. The van der Waals surface area contributed by atoms with E-state index in [1.807, 2.05) is 27.0 Å². The molecule has 2 aromatic rings. The van der Waals surface area contributed by atoms with Crippen LogP contribution in [0.5, 0.6) is 0 Å². The first-order chi connectivity index (χ1) is 11.8. The molecule has 134 valence electrons. The second-order valence-corrected chi connectivity index (χ2v) is 7.97. The van der Waals surface area contributed by atoms with Gasteiger partial charge in [0.2, 0.25) is 0 Å². The molecule has 0 atom stereocenters. The number of nitrogens with zero attached hydrogens (tertiary/aromatic N) is 3. The molecule has 0 unspecified atom stereocenters. The minimum Gasteiger partial charge on any atom is -0.444 e. The van der Waals surface area contributed by atoms with Gasteiger partial charge in [0, 0.05) is 36.8 Å². The van der Waals surface area contributed by atoms with Gasteiger partial charge in [-0.3, -0.25) is 9.89 Å². The van der Waals surface area contributed by atoms with Gasteiger partial charge in [-0.2, -0.15) is 0 Å². The zero-order valence-electron chi connectivity index (χ0n) is 15.0. The molecule has 7 nitrogen and oxygen atoms in total. The molecule has 0 spiro atoms. The second kappa shape index (κ2) is 5.61. The van der Waals surface area contributed by atoms with Gasteiger partial charge in [-0.15, -0.1) is 0 Å². The summed E-state index contributed by atoms with van der Waals surface area (Å²) in [6, 6.07) is 0. The number of aromatic nitrogens is 3. The van der Waals surface area contributed by atoms with E-state index in [9.17, 15) is 9.59 Å². The number of amides is 1. The van der Waals surface area contributed by atoms with Crippen LogP contribution >= 0.6 is 0 Å². The molecule has 7 heteroatoms. The van der Waals surface area contributed by atoms with E-state index in [1.165, 1.54) is 0 Å². The third kappa shape index (κ3) is 3.03. The summed E-state index contributed by atoms with van der Waals surface area (Å²) in [5.41, 5.74) is 2.83. The SMILES string of the molecule is CC(C)(C)OC(=O)N1CCc2nc3c(C4CC4)c[nH]n3c(=O)c2CC1. The van der Waals surface area contributed by atoms with Crippen LogP contribution in [-0.2, 0) is 17.6 Å². The highest BCUT2D eigenvalue weighted by atomic mass is 16.6. The molecular formula is C18H24N4O3. The topological polar surface area (TPSA) is 79.7 Å². The maximum atomic E-state index is 12.8. The minimum atomic E-state index is -0.525. The van der Waals surface area contributed by atoms with Crippen LogP contribution in [0.15, 0.2) is 11.0 Å². The molecule has 1 N–H and O–H groups in total. The standard InChI is InChI=1S/C18H24N4O3/c1-18(2,3)25-17(24)21-8-6-12-14(7-9-21)20-15-13(11-4-5-11)10-19-22(15)16(12)23/h10-11,19H,4-9H2,1-3H3. The van der Waals surface area contributed by atoms with Crippen molar-refractivity contribution in [3.8, 4) is 0 Å². The monoisotopic (exact) mass is 344 g/mol. The maximum absolute atomic E-state index is 12.8. The van der Waals surface area contributed by atoms with Gasteiger partial charge in [-0.25, -0.2) is 14.3 Å². The Morgan fingerprint density at radius 2 is 2.00 bits per heavy atom. The molecule has 3 heterocycles. The van der Waals surface area contributed by atoms with Crippen LogP contribution in [0.1, 0.15) is 56.4 Å². The highest BCUT2D eigenvalue weighted by Gasteiger charge is 2.30. The lowest BCUT2D eigenvalue weighted by Crippen LogP contribution is -2.38. The number of carbonyl (C=O) groups excluding carboxylic acids is 1. The summed E-state index contributed by atoms with van der Waals surface area (Å²) in [4.78, 5) is 31.6. The normalized spacial score (nSPS) is 18.1. The van der Waals surface area contributed by atoms with Crippen molar-refractivity contribution in [2.45, 2.75) is 58.0 Å². The minimum absolute atomic E-state index is 0.0436. The van der Waals surface area contributed by atoms with Crippen molar-refractivity contribution in [1.82, 2.24) is 19.5 Å². The molecule has 0 bridgehead atoms. The fraction of sp³-hybridized carbons (Fsp3) is 0.611. The fourth-order valence-electron chi connectivity index (χ4n) is 3.37. The van der Waals surface area contributed by atoms with Crippen molar-refractivity contribution in [1.29, 1.82) is 0 Å². The molecule has 1 aliphatic heterocycles. The Morgan fingerprint density at radius 3 is 2.68 bits per heavy atom. The van der Waals surface area contributed by atoms with Crippen molar-refractivity contribution in [2.75, 3.05) is 13.1 Å². The first-order valence-electron chi connectivity index (χ1n) is 8.93. The Labute approximate surface area is 146 Å². The smallest absolute Gasteiger partial charge is 0.410 e. The van der Waals surface area contributed by atoms with Crippen LogP contribution in [-0.4, -0.2) is 44.3 Å². The Hall–Kier alpha value is -2.31. The number of carbonyl (C=O) groups is 1. The van der Waals surface area contributed by atoms with Gasteiger partial charge in [-0.1, -0.05) is 0 Å². The molecule has 2 aromatic heterocycles. The van der Waals surface area contributed by atoms with Crippen molar-refractivity contribution in [3.63, 3.8) is 0 Å². The molecule has 1 aliphatic carbocycles. The highest BCUT2D eigenvalue weighted by molar-refractivity contribution is 5.68. The number of hydrogen-bond donors (Lipinski definition) is 1. The van der Waals surface area contributed by atoms with Crippen LogP contribution in [0.4, 0.5) is 4.79 Å². The van der Waals surface area contributed by atoms with Gasteiger partial charge < -0.3 is 9.64 Å². The summed E-state index contributed by atoms with van der Waals surface area (Å²) in [5, 5.41) is 3.05. The van der Waals surface area contributed by atoms with Gasteiger partial charge in [0.1, 0.15) is 5.60 Å². The molecule has 4 rings (SSSR count). The predicted molar refractivity (Wildman–Crippen MR) is 93.0 cm³/mol. The van der Waals surface area contributed by atoms with Crippen LogP contribution < -0.4 is 5.56 Å². The van der Waals surface area contributed by atoms with E-state index in [4.69, 9.17) is 9.72 Å². The zero-order valence-corrected chi connectivity index (χ0v) is 15.0. The Morgan fingerprint density at radius 1 is 1.28 bits per heavy atom. The Balaban J connectivity index is 1.63. The molecule has 0 radical (unpaired) electrons. The second-order valence-electron chi connectivity index (χ2n) is 7.97. The van der Waals surface area contributed by atoms with E-state index in [1.54, 1.807) is 9.42 Å². The van der Waals surface area contributed by atoms with Crippen molar-refractivity contribution >= 4 is 11.7 Å². The van der Waals surface area contributed by atoms with E-state index >= 15 is 0 Å². The number of aromatic amines is 1. The average molecular weight is 344 g/mol. The van der Waals surface area contributed by atoms with Crippen LogP contribution in [0, 0.1) is 0 Å². The molecule has 1 fully saturated rings. The largest absolute Gasteiger partial charge is 0.444 e. The Bertz CT molecular complexity index is 886. The van der Waals surface area contributed by atoms with Crippen LogP contribution in [0.25, 0.3) is 5.65 Å². The van der Waals surface area contributed by atoms with Crippen LogP contribution in [0.3, 0.4) is 0 Å². The molecule has 25 heavy (non-hydrogen) atoms. The zero-order chi connectivity index (χ0) is 17.8. The molecule has 1 saturated carbocycles. The number of nitrogens with one attached hydrogen (secondary N) is 1. The van der Waals surface area contributed by atoms with E-state index < -0.39 is 5.60 Å². The summed E-state index contributed by atoms with van der Waals surface area (Å²) in [6.45, 7) is 6.56. The molecule has 1 amide bonds. The highest BCUT2D eigenvalue weighted by Crippen LogP contribution is 2.41. The molecule has 0 saturated heterocycles. The molecule has 0 aromatic carbocycles. The first-order valence-corrected chi connectivity index (χ1v) is 8.93. The third-order valence-electron chi connectivity index (χ3n) is 4.79. The van der Waals surface area contributed by atoms with Crippen molar-refractivity contribution < 1.29 is 9.53 Å². The van der Waals surface area contributed by atoms with Crippen LogP contribution in [0.2, 0.25) is 0 Å². The number of ether oxygens (including phenoxy) is 1. The van der Waals surface area contributed by atoms with Gasteiger partial charge in [-0.05, 0) is 46.0 Å². The third-order valence-corrected chi connectivity index (χ3v) is 4.79. The van der Waals surface area contributed by atoms with Gasteiger partial charge in [0.25, 0.3) is 5.56 Å². The fourth-order valence-corrected chi connectivity index (χ4v) is 3.37. The molecule has 2 aliphatic rings. The van der Waals surface area contributed by atoms with E-state index in [0.717, 1.165) is 29.7 Å². The number of H-pyrrole nitrogens is 1. The maximum Gasteiger partial charge on any atom is 0.410 e. The Kier molecular flexibility index (Phi) is 3.63. The lowest BCUT2D eigenvalue weighted by molar-refractivity contribution is 0.0258. The van der Waals surface area contributed by atoms with Gasteiger partial charge >= 0.3 is 6.09 Å². The summed E-state index contributed by atoms with van der Waals surface area (Å²) in [7, 11) is 0. The quantitative estimate of drug-likeness (QED) is 0.860. The van der Waals surface area contributed by atoms with Crippen molar-refractivity contribution in [2.24, 2.45) is 0 Å². The van der Waals surface area contributed by atoms with E-state index in [-0.39, 0.29) is 11.7 Å². The number of fused-ring (bicyclic) bond motifs is 2.